The van der Waals surface area contributed by atoms with Gasteiger partial charge in [-0.25, -0.2) is 9.78 Å². The molecular formula is C29H42N8O4. The van der Waals surface area contributed by atoms with Gasteiger partial charge in [0.05, 0.1) is 6.54 Å². The number of piperidine rings is 1. The fraction of sp³-hybridized carbons (Fsp3) is 0.586. The van der Waals surface area contributed by atoms with Crippen LogP contribution in [-0.4, -0.2) is 113 Å². The Labute approximate surface area is 241 Å². The standard InChI is InChI=1S/C29H42N8O4/c1-4-23-28(41-22-9-12-37(18-22)29(39)40)33-27(25(32-23)26(30)38)31-20-5-6-24(19(2)17-20)36-10-7-21(8-11-36)35-15-13-34(3)14-16-35/h5-6,17,21-22H,4,7-16,18H2,1-3H3,(H2,30,38)(H,31,33)(H,39,40)/t22-/m1/s1. The number of likely N-dealkylation sites (tertiary alicyclic amines) is 1. The van der Waals surface area contributed by atoms with Crippen LogP contribution in [0.15, 0.2) is 18.2 Å². The second-order valence-corrected chi connectivity index (χ2v) is 11.3. The number of likely N-dealkylation sites (N-methyl/N-ethyl adjacent to an activating group) is 1. The lowest BCUT2D eigenvalue weighted by atomic mass is 10.0. The Bertz CT molecular complexity index is 1260. The van der Waals surface area contributed by atoms with Crippen LogP contribution in [0.2, 0.25) is 0 Å². The highest BCUT2D eigenvalue weighted by Gasteiger charge is 2.30. The van der Waals surface area contributed by atoms with Gasteiger partial charge < -0.3 is 35.6 Å². The van der Waals surface area contributed by atoms with E-state index in [-0.39, 0.29) is 30.0 Å². The third-order valence-electron chi connectivity index (χ3n) is 8.51. The van der Waals surface area contributed by atoms with Gasteiger partial charge in [-0.3, -0.25) is 9.69 Å². The monoisotopic (exact) mass is 566 g/mol. The number of nitrogens with two attached hydrogens (primary N) is 1. The van der Waals surface area contributed by atoms with Gasteiger partial charge in [0.1, 0.15) is 11.8 Å². The van der Waals surface area contributed by atoms with E-state index in [1.807, 2.05) is 19.1 Å². The molecule has 0 spiro atoms. The SMILES string of the molecule is CCc1nc(C(N)=O)c(Nc2ccc(N3CCC(N4CCN(C)CC4)CC3)c(C)c2)nc1O[C@@H]1CCN(C(=O)O)C1. The van der Waals surface area contributed by atoms with Crippen molar-refractivity contribution in [3.8, 4) is 5.88 Å². The van der Waals surface area contributed by atoms with Crippen molar-refractivity contribution in [1.82, 2.24) is 24.7 Å². The van der Waals surface area contributed by atoms with Crippen LogP contribution in [0.1, 0.15) is 47.9 Å². The van der Waals surface area contributed by atoms with E-state index in [0.29, 0.717) is 31.1 Å². The normalized spacial score (nSPS) is 20.8. The molecule has 0 unspecified atom stereocenters. The lowest BCUT2D eigenvalue weighted by molar-refractivity contribution is 0.0982. The maximum absolute atomic E-state index is 12.3. The molecule has 4 N–H and O–H groups in total. The van der Waals surface area contributed by atoms with E-state index in [4.69, 9.17) is 10.5 Å². The summed E-state index contributed by atoms with van der Waals surface area (Å²) in [5.74, 6) is -0.178. The Morgan fingerprint density at radius 3 is 2.41 bits per heavy atom. The number of aromatic nitrogens is 2. The predicted octanol–water partition coefficient (Wildman–Crippen LogP) is 2.54. The molecule has 0 radical (unpaired) electrons. The molecule has 0 aliphatic carbocycles. The zero-order valence-electron chi connectivity index (χ0n) is 24.3. The Morgan fingerprint density at radius 2 is 1.80 bits per heavy atom. The third kappa shape index (κ3) is 6.65. The summed E-state index contributed by atoms with van der Waals surface area (Å²) in [6.45, 7) is 11.3. The molecule has 2 amide bonds. The van der Waals surface area contributed by atoms with Crippen molar-refractivity contribution in [3.05, 3.63) is 35.2 Å². The highest BCUT2D eigenvalue weighted by molar-refractivity contribution is 5.96. The molecule has 0 bridgehead atoms. The maximum Gasteiger partial charge on any atom is 0.407 e. The number of nitrogens with zero attached hydrogens (tertiary/aromatic N) is 6. The highest BCUT2D eigenvalue weighted by atomic mass is 16.5. The van der Waals surface area contributed by atoms with Crippen LogP contribution in [0.5, 0.6) is 5.88 Å². The van der Waals surface area contributed by atoms with Crippen LogP contribution < -0.4 is 20.7 Å². The molecule has 3 aliphatic heterocycles. The van der Waals surface area contributed by atoms with Crippen molar-refractivity contribution in [3.63, 3.8) is 0 Å². The van der Waals surface area contributed by atoms with Crippen molar-refractivity contribution in [2.75, 3.05) is 69.6 Å². The summed E-state index contributed by atoms with van der Waals surface area (Å²) in [6, 6.07) is 6.80. The smallest absolute Gasteiger partial charge is 0.407 e. The topological polar surface area (TPSA) is 140 Å². The number of anilines is 3. The summed E-state index contributed by atoms with van der Waals surface area (Å²) in [7, 11) is 2.20. The number of ether oxygens (including phenoxy) is 1. The van der Waals surface area contributed by atoms with Gasteiger partial charge in [-0.15, -0.1) is 0 Å². The third-order valence-corrected chi connectivity index (χ3v) is 8.51. The van der Waals surface area contributed by atoms with E-state index in [1.54, 1.807) is 0 Å². The summed E-state index contributed by atoms with van der Waals surface area (Å²) >= 11 is 0. The summed E-state index contributed by atoms with van der Waals surface area (Å²) in [4.78, 5) is 41.5. The van der Waals surface area contributed by atoms with Gasteiger partial charge in [0.2, 0.25) is 5.88 Å². The second kappa shape index (κ2) is 12.5. The number of carbonyl (C=O) groups is 2. The molecule has 222 valence electrons. The molecule has 1 atom stereocenters. The minimum Gasteiger partial charge on any atom is -0.471 e. The molecule has 41 heavy (non-hydrogen) atoms. The van der Waals surface area contributed by atoms with Crippen LogP contribution >= 0.6 is 0 Å². The maximum atomic E-state index is 12.3. The number of benzene rings is 1. The van der Waals surface area contributed by atoms with Crippen LogP contribution in [-0.2, 0) is 6.42 Å². The molecule has 12 heteroatoms. The van der Waals surface area contributed by atoms with Crippen LogP contribution in [0.4, 0.5) is 22.0 Å². The van der Waals surface area contributed by atoms with Gasteiger partial charge in [0.25, 0.3) is 5.91 Å². The first-order valence-corrected chi connectivity index (χ1v) is 14.6. The summed E-state index contributed by atoms with van der Waals surface area (Å²) in [5.41, 5.74) is 9.33. The largest absolute Gasteiger partial charge is 0.471 e. The first-order chi connectivity index (χ1) is 19.7. The van der Waals surface area contributed by atoms with Gasteiger partial charge in [-0.1, -0.05) is 6.92 Å². The highest BCUT2D eigenvalue weighted by Crippen LogP contribution is 2.31. The number of aryl methyl sites for hydroxylation is 2. The number of hydrogen-bond acceptors (Lipinski definition) is 9. The van der Waals surface area contributed by atoms with E-state index in [0.717, 1.165) is 50.5 Å². The molecule has 2 aromatic rings. The van der Waals surface area contributed by atoms with Crippen molar-refractivity contribution < 1.29 is 19.4 Å². The summed E-state index contributed by atoms with van der Waals surface area (Å²) < 4.78 is 6.09. The first-order valence-electron chi connectivity index (χ1n) is 14.6. The Morgan fingerprint density at radius 1 is 1.07 bits per heavy atom. The minimum absolute atomic E-state index is 0.0421. The van der Waals surface area contributed by atoms with Crippen molar-refractivity contribution in [2.24, 2.45) is 5.73 Å². The number of carbonyl (C=O) groups excluding carboxylic acids is 1. The average molecular weight is 567 g/mol. The fourth-order valence-corrected chi connectivity index (χ4v) is 6.08. The second-order valence-electron chi connectivity index (χ2n) is 11.3. The Balaban J connectivity index is 1.28. The molecule has 4 heterocycles. The Kier molecular flexibility index (Phi) is 8.79. The van der Waals surface area contributed by atoms with Crippen LogP contribution in [0.25, 0.3) is 0 Å². The van der Waals surface area contributed by atoms with Gasteiger partial charge in [0.15, 0.2) is 11.5 Å². The van der Waals surface area contributed by atoms with Gasteiger partial charge >= 0.3 is 6.09 Å². The minimum atomic E-state index is -0.970. The first kappa shape index (κ1) is 28.9. The van der Waals surface area contributed by atoms with Gasteiger partial charge in [-0.2, -0.15) is 4.98 Å². The van der Waals surface area contributed by atoms with E-state index >= 15 is 0 Å². The molecule has 1 aromatic carbocycles. The number of nitrogens with one attached hydrogen (secondary N) is 1. The molecular weight excluding hydrogens is 524 g/mol. The molecule has 12 nitrogen and oxygen atoms in total. The van der Waals surface area contributed by atoms with E-state index in [2.05, 4.69) is 50.0 Å². The number of primary amides is 1. The number of hydrogen-bond donors (Lipinski definition) is 3. The summed E-state index contributed by atoms with van der Waals surface area (Å²) in [6.07, 6.45) is 2.07. The summed E-state index contributed by atoms with van der Waals surface area (Å²) in [5, 5.41) is 12.5. The fourth-order valence-electron chi connectivity index (χ4n) is 6.08. The van der Waals surface area contributed by atoms with E-state index in [9.17, 15) is 14.7 Å². The van der Waals surface area contributed by atoms with Crippen LogP contribution in [0.3, 0.4) is 0 Å². The van der Waals surface area contributed by atoms with Gasteiger partial charge in [0, 0.05) is 69.7 Å². The molecule has 0 saturated carbocycles. The van der Waals surface area contributed by atoms with E-state index < -0.39 is 12.0 Å². The number of rotatable bonds is 8. The lowest BCUT2D eigenvalue weighted by Gasteiger charge is -2.43. The molecule has 1 aromatic heterocycles. The zero-order chi connectivity index (χ0) is 29.1. The van der Waals surface area contributed by atoms with Crippen molar-refractivity contribution in [1.29, 1.82) is 0 Å². The van der Waals surface area contributed by atoms with Gasteiger partial charge in [-0.05, 0) is 57.0 Å². The molecule has 3 aliphatic rings. The lowest BCUT2D eigenvalue weighted by Crippen LogP contribution is -2.52. The average Bonchev–Trinajstić information content (AvgIpc) is 3.43. The number of amides is 2. The molecule has 5 rings (SSSR count). The van der Waals surface area contributed by atoms with E-state index in [1.165, 1.54) is 23.4 Å². The molecule has 3 fully saturated rings. The van der Waals surface area contributed by atoms with Crippen molar-refractivity contribution >= 4 is 29.2 Å². The number of carboxylic acid groups (broad SMARTS) is 1. The number of piperazine rings is 1. The quantitative estimate of drug-likeness (QED) is 0.437. The predicted molar refractivity (Wildman–Crippen MR) is 157 cm³/mol. The Hall–Kier alpha value is -3.64. The zero-order valence-corrected chi connectivity index (χ0v) is 24.3. The molecule has 3 saturated heterocycles. The van der Waals surface area contributed by atoms with Crippen molar-refractivity contribution in [2.45, 2.75) is 51.7 Å². The van der Waals surface area contributed by atoms with Crippen LogP contribution in [0, 0.1) is 6.92 Å².